The van der Waals surface area contributed by atoms with E-state index in [2.05, 4.69) is 20.9 Å². The normalized spacial score (nSPS) is 13.8. The fourth-order valence-corrected chi connectivity index (χ4v) is 4.48. The minimum absolute atomic E-state index is 0.0989. The molecule has 0 fully saturated rings. The first kappa shape index (κ1) is 34.1. The van der Waals surface area contributed by atoms with E-state index in [0.29, 0.717) is 24.3 Å². The summed E-state index contributed by atoms with van der Waals surface area (Å²) in [6.45, 7) is 0.217. The highest BCUT2D eigenvalue weighted by molar-refractivity contribution is 7.98. The lowest BCUT2D eigenvalue weighted by Crippen LogP contribution is -2.57. The van der Waals surface area contributed by atoms with E-state index in [1.165, 1.54) is 11.8 Å². The van der Waals surface area contributed by atoms with Crippen LogP contribution in [-0.4, -0.2) is 89.5 Å². The van der Waals surface area contributed by atoms with Crippen LogP contribution in [0.5, 0.6) is 0 Å². The Balaban J connectivity index is 3.02. The van der Waals surface area contributed by atoms with E-state index < -0.39 is 47.9 Å². The van der Waals surface area contributed by atoms with E-state index in [-0.39, 0.29) is 31.8 Å². The van der Waals surface area contributed by atoms with Gasteiger partial charge in [-0.2, -0.15) is 23.5 Å². The van der Waals surface area contributed by atoms with Crippen molar-refractivity contribution >= 4 is 53.2 Å². The molecule has 4 unspecified atom stereocenters. The van der Waals surface area contributed by atoms with Crippen LogP contribution in [-0.2, 0) is 25.6 Å². The molecule has 1 rings (SSSR count). The fraction of sp³-hybridized carbons (Fsp3) is 0.560. The number of carboxylic acids is 1. The van der Waals surface area contributed by atoms with Gasteiger partial charge in [-0.25, -0.2) is 4.79 Å². The Kier molecular flexibility index (Phi) is 16.7. The number of guanidine groups is 1. The van der Waals surface area contributed by atoms with Crippen molar-refractivity contribution in [1.29, 1.82) is 0 Å². The van der Waals surface area contributed by atoms with E-state index in [0.717, 1.165) is 5.56 Å². The molecule has 0 saturated heterocycles. The molecule has 1 aromatic carbocycles. The number of carbonyl (C=O) groups is 4. The lowest BCUT2D eigenvalue weighted by molar-refractivity contribution is -0.142. The van der Waals surface area contributed by atoms with Crippen LogP contribution in [0.2, 0.25) is 0 Å². The molecule has 0 heterocycles. The predicted octanol–water partition coefficient (Wildman–Crippen LogP) is -0.345. The first-order valence-corrected chi connectivity index (χ1v) is 15.3. The largest absolute Gasteiger partial charge is 0.480 e. The molecule has 0 aliphatic rings. The summed E-state index contributed by atoms with van der Waals surface area (Å²) in [4.78, 5) is 54.8. The summed E-state index contributed by atoms with van der Waals surface area (Å²) in [5.41, 5.74) is 17.4. The van der Waals surface area contributed by atoms with E-state index in [9.17, 15) is 24.3 Å². The average Bonchev–Trinajstić information content (AvgIpc) is 2.90. The highest BCUT2D eigenvalue weighted by atomic mass is 32.2. The third-order valence-electron chi connectivity index (χ3n) is 5.69. The molecule has 0 radical (unpaired) electrons. The van der Waals surface area contributed by atoms with Crippen LogP contribution in [0.1, 0.15) is 31.2 Å². The first-order chi connectivity index (χ1) is 18.6. The highest BCUT2D eigenvalue weighted by Crippen LogP contribution is 2.08. The van der Waals surface area contributed by atoms with E-state index >= 15 is 0 Å². The van der Waals surface area contributed by atoms with Gasteiger partial charge >= 0.3 is 5.97 Å². The van der Waals surface area contributed by atoms with Gasteiger partial charge < -0.3 is 38.3 Å². The van der Waals surface area contributed by atoms with Crippen molar-refractivity contribution in [1.82, 2.24) is 16.0 Å². The molecule has 1 aromatic rings. The summed E-state index contributed by atoms with van der Waals surface area (Å²) >= 11 is 3.04. The first-order valence-electron chi connectivity index (χ1n) is 12.6. The van der Waals surface area contributed by atoms with Crippen molar-refractivity contribution in [3.8, 4) is 0 Å². The monoisotopic (exact) mass is 583 g/mol. The Labute approximate surface area is 238 Å². The molecule has 12 nitrogen and oxygen atoms in total. The zero-order chi connectivity index (χ0) is 29.2. The van der Waals surface area contributed by atoms with E-state index in [1.807, 2.05) is 42.8 Å². The van der Waals surface area contributed by atoms with Crippen LogP contribution in [0.3, 0.4) is 0 Å². The SMILES string of the molecule is CSCCC(N)C(=O)NC(Cc1ccccc1)C(=O)NC(CCSC)C(=O)NC(CCCN=C(N)N)C(=O)O. The van der Waals surface area contributed by atoms with Crippen LogP contribution in [0.25, 0.3) is 0 Å². The smallest absolute Gasteiger partial charge is 0.326 e. The number of aliphatic imine (C=N–C) groups is 1. The van der Waals surface area contributed by atoms with Gasteiger partial charge in [-0.05, 0) is 55.3 Å². The van der Waals surface area contributed by atoms with E-state index in [4.69, 9.17) is 17.2 Å². The summed E-state index contributed by atoms with van der Waals surface area (Å²) in [7, 11) is 0. The third-order valence-corrected chi connectivity index (χ3v) is 6.98. The Hall–Kier alpha value is -2.97. The summed E-state index contributed by atoms with van der Waals surface area (Å²) in [5.74, 6) is -1.74. The van der Waals surface area contributed by atoms with Gasteiger partial charge in [0.15, 0.2) is 5.96 Å². The van der Waals surface area contributed by atoms with Gasteiger partial charge in [0.2, 0.25) is 17.7 Å². The van der Waals surface area contributed by atoms with Crippen LogP contribution >= 0.6 is 23.5 Å². The van der Waals surface area contributed by atoms with Crippen LogP contribution in [0.4, 0.5) is 0 Å². The van der Waals surface area contributed by atoms with Crippen LogP contribution < -0.4 is 33.2 Å². The quantitative estimate of drug-likeness (QED) is 0.0638. The number of aliphatic carboxylic acids is 1. The van der Waals surface area contributed by atoms with Gasteiger partial charge in [0.25, 0.3) is 0 Å². The molecular weight excluding hydrogens is 542 g/mol. The Morgan fingerprint density at radius 2 is 1.41 bits per heavy atom. The van der Waals surface area contributed by atoms with E-state index in [1.54, 1.807) is 11.8 Å². The molecular formula is C25H41N7O5S2. The maximum absolute atomic E-state index is 13.4. The van der Waals surface area contributed by atoms with Gasteiger partial charge in [0, 0.05) is 13.0 Å². The third kappa shape index (κ3) is 14.1. The molecule has 10 N–H and O–H groups in total. The predicted molar refractivity (Wildman–Crippen MR) is 157 cm³/mol. The summed E-state index contributed by atoms with van der Waals surface area (Å²) in [6, 6.07) is 5.19. The minimum atomic E-state index is -1.21. The molecule has 39 heavy (non-hydrogen) atoms. The molecule has 0 bridgehead atoms. The van der Waals surface area contributed by atoms with Crippen molar-refractivity contribution in [2.45, 2.75) is 56.3 Å². The summed E-state index contributed by atoms with van der Waals surface area (Å²) < 4.78 is 0. The summed E-state index contributed by atoms with van der Waals surface area (Å²) in [5, 5.41) is 17.5. The van der Waals surface area contributed by atoms with Gasteiger partial charge in [-0.3, -0.25) is 19.4 Å². The highest BCUT2D eigenvalue weighted by Gasteiger charge is 2.30. The van der Waals surface area contributed by atoms with Crippen molar-refractivity contribution in [3.63, 3.8) is 0 Å². The number of rotatable bonds is 19. The lowest BCUT2D eigenvalue weighted by atomic mass is 10.0. The second kappa shape index (κ2) is 19.1. The van der Waals surface area contributed by atoms with Crippen molar-refractivity contribution in [2.24, 2.45) is 22.2 Å². The van der Waals surface area contributed by atoms with Gasteiger partial charge in [-0.1, -0.05) is 30.3 Å². The Morgan fingerprint density at radius 3 is 2.00 bits per heavy atom. The molecule has 0 saturated carbocycles. The molecule has 4 atom stereocenters. The fourth-order valence-electron chi connectivity index (χ4n) is 3.52. The van der Waals surface area contributed by atoms with Crippen LogP contribution in [0, 0.1) is 0 Å². The van der Waals surface area contributed by atoms with Crippen molar-refractivity contribution in [2.75, 3.05) is 30.6 Å². The number of carboxylic acid groups (broad SMARTS) is 1. The average molecular weight is 584 g/mol. The second-order valence-corrected chi connectivity index (χ2v) is 10.8. The molecule has 0 aliphatic carbocycles. The van der Waals surface area contributed by atoms with Gasteiger partial charge in [0.1, 0.15) is 18.1 Å². The molecule has 0 spiro atoms. The number of benzene rings is 1. The maximum Gasteiger partial charge on any atom is 0.326 e. The number of carbonyl (C=O) groups excluding carboxylic acids is 3. The molecule has 0 aliphatic heterocycles. The molecule has 218 valence electrons. The second-order valence-electron chi connectivity index (χ2n) is 8.83. The Bertz CT molecular complexity index is 948. The van der Waals surface area contributed by atoms with Gasteiger partial charge in [-0.15, -0.1) is 0 Å². The molecule has 0 aromatic heterocycles. The summed E-state index contributed by atoms with van der Waals surface area (Å²) in [6.07, 6.45) is 5.10. The number of hydrogen-bond donors (Lipinski definition) is 7. The number of nitrogens with one attached hydrogen (secondary N) is 3. The zero-order valence-electron chi connectivity index (χ0n) is 22.4. The van der Waals surface area contributed by atoms with Gasteiger partial charge in [0.05, 0.1) is 6.04 Å². The van der Waals surface area contributed by atoms with Crippen LogP contribution in [0.15, 0.2) is 35.3 Å². The molecule has 3 amide bonds. The number of nitrogens with two attached hydrogens (primary N) is 3. The number of nitrogens with zero attached hydrogens (tertiary/aromatic N) is 1. The maximum atomic E-state index is 13.4. The lowest BCUT2D eigenvalue weighted by Gasteiger charge is -2.25. The van der Waals surface area contributed by atoms with Crippen molar-refractivity contribution < 1.29 is 24.3 Å². The van der Waals surface area contributed by atoms with Crippen molar-refractivity contribution in [3.05, 3.63) is 35.9 Å². The standard InChI is InChI=1S/C25H41N7O5S2/c1-38-13-10-17(26)21(33)32-20(15-16-7-4-3-5-8-16)23(35)30-18(11-14-39-2)22(34)31-19(24(36)37)9-6-12-29-25(27)28/h3-5,7-8,17-20H,6,9-15,26H2,1-2H3,(H,30,35)(H,31,34)(H,32,33)(H,36,37)(H4,27,28,29). The number of hydrogen-bond acceptors (Lipinski definition) is 8. The number of thioether (sulfide) groups is 2. The molecule has 14 heteroatoms. The Morgan fingerprint density at radius 1 is 0.846 bits per heavy atom. The minimum Gasteiger partial charge on any atom is -0.480 e. The number of amides is 3. The zero-order valence-corrected chi connectivity index (χ0v) is 24.1. The topological polar surface area (TPSA) is 215 Å².